The van der Waals surface area contributed by atoms with Gasteiger partial charge in [-0.15, -0.1) is 0 Å². The van der Waals surface area contributed by atoms with E-state index in [9.17, 15) is 14.4 Å². The van der Waals surface area contributed by atoms with E-state index in [2.05, 4.69) is 15.2 Å². The molecule has 3 aromatic rings. The first-order valence-electron chi connectivity index (χ1n) is 8.75. The molecule has 0 spiro atoms. The molecule has 1 N–H and O–H groups in total. The Hall–Kier alpha value is -3.94. The van der Waals surface area contributed by atoms with Gasteiger partial charge in [-0.2, -0.15) is 5.10 Å². The van der Waals surface area contributed by atoms with E-state index in [0.717, 1.165) is 5.69 Å². The van der Waals surface area contributed by atoms with Gasteiger partial charge < -0.3 is 14.8 Å². The minimum atomic E-state index is -0.648. The number of carbonyl (C=O) groups excluding carboxylic acids is 2. The molecule has 1 heterocycles. The molecule has 0 saturated heterocycles. The molecule has 8 nitrogen and oxygen atoms in total. The van der Waals surface area contributed by atoms with Crippen LogP contribution in [0.25, 0.3) is 5.69 Å². The summed E-state index contributed by atoms with van der Waals surface area (Å²) in [7, 11) is 1.26. The van der Waals surface area contributed by atoms with Gasteiger partial charge in [-0.25, -0.2) is 9.48 Å². The second-order valence-electron chi connectivity index (χ2n) is 6.09. The van der Waals surface area contributed by atoms with Gasteiger partial charge in [0.15, 0.2) is 12.3 Å². The first kappa shape index (κ1) is 19.8. The van der Waals surface area contributed by atoms with Crippen molar-refractivity contribution < 1.29 is 19.1 Å². The third-order valence-electron chi connectivity index (χ3n) is 4.00. The normalized spacial score (nSPS) is 10.3. The minimum absolute atomic E-state index is 0.236. The van der Waals surface area contributed by atoms with Crippen molar-refractivity contribution in [3.63, 3.8) is 0 Å². The Labute approximate surface area is 166 Å². The summed E-state index contributed by atoms with van der Waals surface area (Å²) in [6.45, 7) is 1.49. The molecule has 0 unspecified atom stereocenters. The number of rotatable bonds is 6. The Bertz CT molecular complexity index is 1090. The molecule has 0 saturated carbocycles. The third kappa shape index (κ3) is 4.86. The van der Waals surface area contributed by atoms with Crippen LogP contribution < -0.4 is 15.5 Å². The monoisotopic (exact) mass is 393 g/mol. The summed E-state index contributed by atoms with van der Waals surface area (Å²) in [6, 6.07) is 17.0. The lowest BCUT2D eigenvalue weighted by Crippen LogP contribution is -2.26. The number of aryl methyl sites for hydroxylation is 1. The molecule has 0 radical (unpaired) electrons. The number of esters is 1. The van der Waals surface area contributed by atoms with Gasteiger partial charge in [0, 0.05) is 23.5 Å². The van der Waals surface area contributed by atoms with Crippen LogP contribution in [0.4, 0.5) is 5.69 Å². The summed E-state index contributed by atoms with van der Waals surface area (Å²) in [6.07, 6.45) is 0. The van der Waals surface area contributed by atoms with Gasteiger partial charge in [0.25, 0.3) is 5.91 Å². The molecule has 3 rings (SSSR count). The maximum atomic E-state index is 12.7. The van der Waals surface area contributed by atoms with E-state index in [1.807, 2.05) is 30.3 Å². The second kappa shape index (κ2) is 8.83. The SMILES string of the molecule is COC(=O)COc1cccc(NC(=O)c2nn(-c3ccccc3)c(C)cc2=O)c1. The maximum absolute atomic E-state index is 12.7. The molecule has 29 heavy (non-hydrogen) atoms. The zero-order chi connectivity index (χ0) is 20.8. The molecular weight excluding hydrogens is 374 g/mol. The van der Waals surface area contributed by atoms with Crippen LogP contribution in [0.5, 0.6) is 5.75 Å². The van der Waals surface area contributed by atoms with Crippen LogP contribution in [0.2, 0.25) is 0 Å². The topological polar surface area (TPSA) is 99.5 Å². The number of para-hydroxylation sites is 1. The molecule has 1 amide bonds. The highest BCUT2D eigenvalue weighted by atomic mass is 16.6. The Morgan fingerprint density at radius 1 is 1.07 bits per heavy atom. The van der Waals surface area contributed by atoms with Crippen molar-refractivity contribution in [2.75, 3.05) is 19.0 Å². The van der Waals surface area contributed by atoms with Crippen LogP contribution in [-0.4, -0.2) is 35.4 Å². The van der Waals surface area contributed by atoms with Crippen molar-refractivity contribution in [3.05, 3.63) is 82.3 Å². The molecule has 2 aromatic carbocycles. The van der Waals surface area contributed by atoms with Crippen molar-refractivity contribution in [1.29, 1.82) is 0 Å². The summed E-state index contributed by atoms with van der Waals surface area (Å²) < 4.78 is 11.3. The van der Waals surface area contributed by atoms with Gasteiger partial charge in [-0.05, 0) is 31.2 Å². The number of hydrogen-bond acceptors (Lipinski definition) is 6. The summed E-state index contributed by atoms with van der Waals surface area (Å²) in [5, 5.41) is 6.86. The lowest BCUT2D eigenvalue weighted by molar-refractivity contribution is -0.142. The molecule has 0 aliphatic carbocycles. The van der Waals surface area contributed by atoms with E-state index in [1.54, 1.807) is 25.1 Å². The van der Waals surface area contributed by atoms with Gasteiger partial charge >= 0.3 is 5.97 Å². The molecule has 148 valence electrons. The van der Waals surface area contributed by atoms with Crippen molar-refractivity contribution in [1.82, 2.24) is 9.78 Å². The van der Waals surface area contributed by atoms with E-state index >= 15 is 0 Å². The highest BCUT2D eigenvalue weighted by Gasteiger charge is 2.16. The molecule has 0 bridgehead atoms. The quantitative estimate of drug-likeness (QED) is 0.646. The zero-order valence-electron chi connectivity index (χ0n) is 15.9. The Morgan fingerprint density at radius 2 is 1.83 bits per heavy atom. The number of amides is 1. The fourth-order valence-corrected chi connectivity index (χ4v) is 2.59. The van der Waals surface area contributed by atoms with Gasteiger partial charge in [-0.1, -0.05) is 24.3 Å². The largest absolute Gasteiger partial charge is 0.482 e. The number of benzene rings is 2. The van der Waals surface area contributed by atoms with Crippen LogP contribution in [0.1, 0.15) is 16.2 Å². The number of aromatic nitrogens is 2. The van der Waals surface area contributed by atoms with Crippen molar-refractivity contribution in [2.24, 2.45) is 0 Å². The first-order chi connectivity index (χ1) is 14.0. The lowest BCUT2D eigenvalue weighted by Gasteiger charge is -2.12. The Morgan fingerprint density at radius 3 is 2.55 bits per heavy atom. The van der Waals surface area contributed by atoms with Crippen LogP contribution >= 0.6 is 0 Å². The molecular formula is C21H19N3O5. The number of nitrogens with zero attached hydrogens (tertiary/aromatic N) is 2. The average Bonchev–Trinajstić information content (AvgIpc) is 2.73. The number of nitrogens with one attached hydrogen (secondary N) is 1. The van der Waals surface area contributed by atoms with E-state index in [1.165, 1.54) is 23.9 Å². The summed E-state index contributed by atoms with van der Waals surface area (Å²) in [4.78, 5) is 36.2. The predicted molar refractivity (Wildman–Crippen MR) is 106 cm³/mol. The van der Waals surface area contributed by atoms with E-state index in [0.29, 0.717) is 17.1 Å². The van der Waals surface area contributed by atoms with E-state index in [-0.39, 0.29) is 12.3 Å². The van der Waals surface area contributed by atoms with Crippen LogP contribution in [0.15, 0.2) is 65.5 Å². The van der Waals surface area contributed by atoms with Crippen LogP contribution in [0, 0.1) is 6.92 Å². The zero-order valence-corrected chi connectivity index (χ0v) is 15.9. The molecule has 0 atom stereocenters. The van der Waals surface area contributed by atoms with Gasteiger partial charge in [0.2, 0.25) is 5.43 Å². The molecule has 0 fully saturated rings. The van der Waals surface area contributed by atoms with E-state index < -0.39 is 17.3 Å². The molecule has 0 aliphatic rings. The van der Waals surface area contributed by atoms with E-state index in [4.69, 9.17) is 4.74 Å². The fraction of sp³-hybridized carbons (Fsp3) is 0.143. The first-order valence-corrected chi connectivity index (χ1v) is 8.75. The molecule has 0 aliphatic heterocycles. The number of anilines is 1. The van der Waals surface area contributed by atoms with Gasteiger partial charge in [0.05, 0.1) is 12.8 Å². The Balaban J connectivity index is 1.83. The predicted octanol–water partition coefficient (Wildman–Crippen LogP) is 2.35. The smallest absolute Gasteiger partial charge is 0.343 e. The highest BCUT2D eigenvalue weighted by molar-refractivity contribution is 6.02. The molecule has 1 aromatic heterocycles. The maximum Gasteiger partial charge on any atom is 0.343 e. The van der Waals surface area contributed by atoms with Gasteiger partial charge in [-0.3, -0.25) is 9.59 Å². The average molecular weight is 393 g/mol. The number of ether oxygens (including phenoxy) is 2. The van der Waals surface area contributed by atoms with Crippen molar-refractivity contribution >= 4 is 17.6 Å². The summed E-state index contributed by atoms with van der Waals surface area (Å²) in [5.74, 6) is -0.804. The Kier molecular flexibility index (Phi) is 6.03. The van der Waals surface area contributed by atoms with Crippen molar-refractivity contribution in [2.45, 2.75) is 6.92 Å². The molecule has 8 heteroatoms. The number of methoxy groups -OCH3 is 1. The van der Waals surface area contributed by atoms with Crippen LogP contribution in [0.3, 0.4) is 0 Å². The minimum Gasteiger partial charge on any atom is -0.482 e. The second-order valence-corrected chi connectivity index (χ2v) is 6.09. The van der Waals surface area contributed by atoms with Gasteiger partial charge in [0.1, 0.15) is 5.75 Å². The summed E-state index contributed by atoms with van der Waals surface area (Å²) >= 11 is 0. The standard InChI is InChI=1S/C21H19N3O5/c1-14-11-18(25)20(23-24(14)16-8-4-3-5-9-16)21(27)22-15-7-6-10-17(12-15)29-13-19(26)28-2/h3-12H,13H2,1-2H3,(H,22,27). The summed E-state index contributed by atoms with van der Waals surface area (Å²) in [5.41, 5.74) is 1.02. The third-order valence-corrected chi connectivity index (χ3v) is 4.00. The fourth-order valence-electron chi connectivity index (χ4n) is 2.59. The number of carbonyl (C=O) groups is 2. The lowest BCUT2D eigenvalue weighted by atomic mass is 10.2. The number of hydrogen-bond donors (Lipinski definition) is 1. The van der Waals surface area contributed by atoms with Crippen LogP contribution in [-0.2, 0) is 9.53 Å². The highest BCUT2D eigenvalue weighted by Crippen LogP contribution is 2.18. The van der Waals surface area contributed by atoms with Crippen molar-refractivity contribution in [3.8, 4) is 11.4 Å².